The Hall–Kier alpha value is -2.86. The molecule has 2 aromatic rings. The molecule has 6 heteroatoms. The lowest BCUT2D eigenvalue weighted by Gasteiger charge is -2.11. The van der Waals surface area contributed by atoms with Gasteiger partial charge in [0.2, 0.25) is 0 Å². The van der Waals surface area contributed by atoms with Crippen LogP contribution in [0.1, 0.15) is 81.7 Å². The molecule has 1 aromatic heterocycles. The molecule has 0 bridgehead atoms. The minimum atomic E-state index is -0.942. The molecule has 0 saturated heterocycles. The van der Waals surface area contributed by atoms with Crippen molar-refractivity contribution in [1.29, 1.82) is 0 Å². The van der Waals surface area contributed by atoms with E-state index in [9.17, 15) is 15.0 Å². The van der Waals surface area contributed by atoms with E-state index in [2.05, 4.69) is 17.1 Å². The Bertz CT molecular complexity index is 892. The number of rotatable bonds is 17. The summed E-state index contributed by atoms with van der Waals surface area (Å²) in [5.41, 5.74) is 2.62. The molecule has 0 atom stereocenters. The zero-order valence-corrected chi connectivity index (χ0v) is 20.6. The third-order valence-corrected chi connectivity index (χ3v) is 5.77. The minimum absolute atomic E-state index is 0.197. The number of aliphatic carboxylic acids is 1. The van der Waals surface area contributed by atoms with Gasteiger partial charge in [-0.25, -0.2) is 9.78 Å². The average molecular weight is 470 g/mol. The van der Waals surface area contributed by atoms with Crippen molar-refractivity contribution >= 4 is 12.0 Å². The maximum atomic E-state index is 11.6. The van der Waals surface area contributed by atoms with Crippen LogP contribution in [0.5, 0.6) is 11.5 Å². The summed E-state index contributed by atoms with van der Waals surface area (Å²) in [6.07, 6.45) is 11.7. The van der Waals surface area contributed by atoms with Gasteiger partial charge in [0.15, 0.2) is 0 Å². The Labute approximate surface area is 203 Å². The van der Waals surface area contributed by atoms with E-state index < -0.39 is 5.97 Å². The molecule has 2 rings (SSSR count). The quantitative estimate of drug-likeness (QED) is 0.212. The Morgan fingerprint density at radius 1 is 0.971 bits per heavy atom. The van der Waals surface area contributed by atoms with Crippen LogP contribution < -0.4 is 9.47 Å². The number of ether oxygens (including phenoxy) is 2. The Kier molecular flexibility index (Phi) is 12.8. The van der Waals surface area contributed by atoms with Crippen LogP contribution in [0.25, 0.3) is 6.08 Å². The molecule has 186 valence electrons. The SMILES string of the molecule is CCCCC(=Cc1nc(CO)ccc1OCCCCCCCCc1ccc(OC)cc1)C(=O)O. The van der Waals surface area contributed by atoms with E-state index in [1.165, 1.54) is 31.2 Å². The van der Waals surface area contributed by atoms with Crippen LogP contribution in [0.3, 0.4) is 0 Å². The predicted octanol–water partition coefficient (Wildman–Crippen LogP) is 6.20. The number of carbonyl (C=O) groups is 1. The fourth-order valence-electron chi connectivity index (χ4n) is 3.70. The average Bonchev–Trinajstić information content (AvgIpc) is 2.86. The number of hydrogen-bond acceptors (Lipinski definition) is 5. The molecule has 0 unspecified atom stereocenters. The van der Waals surface area contributed by atoms with Crippen molar-refractivity contribution in [2.45, 2.75) is 77.7 Å². The van der Waals surface area contributed by atoms with Crippen molar-refractivity contribution in [3.8, 4) is 11.5 Å². The Morgan fingerprint density at radius 2 is 1.68 bits per heavy atom. The topological polar surface area (TPSA) is 88.9 Å². The number of methoxy groups -OCH3 is 1. The highest BCUT2D eigenvalue weighted by Crippen LogP contribution is 2.23. The number of carboxylic acids is 1. The van der Waals surface area contributed by atoms with Gasteiger partial charge in [0, 0.05) is 5.57 Å². The Morgan fingerprint density at radius 3 is 2.32 bits per heavy atom. The zero-order valence-electron chi connectivity index (χ0n) is 20.6. The van der Waals surface area contributed by atoms with E-state index in [1.54, 1.807) is 25.3 Å². The first kappa shape index (κ1) is 27.4. The maximum Gasteiger partial charge on any atom is 0.331 e. The van der Waals surface area contributed by atoms with Gasteiger partial charge in [-0.2, -0.15) is 0 Å². The van der Waals surface area contributed by atoms with Gasteiger partial charge in [-0.3, -0.25) is 0 Å². The largest absolute Gasteiger partial charge is 0.497 e. The molecule has 0 radical (unpaired) electrons. The summed E-state index contributed by atoms with van der Waals surface area (Å²) in [4.78, 5) is 16.0. The number of benzene rings is 1. The highest BCUT2D eigenvalue weighted by molar-refractivity contribution is 5.92. The summed E-state index contributed by atoms with van der Waals surface area (Å²) in [5.74, 6) is 0.516. The molecule has 0 spiro atoms. The summed E-state index contributed by atoms with van der Waals surface area (Å²) in [5, 5.41) is 18.9. The van der Waals surface area contributed by atoms with Gasteiger partial charge in [-0.05, 0) is 68.0 Å². The molecule has 6 nitrogen and oxygen atoms in total. The molecule has 2 N–H and O–H groups in total. The summed E-state index contributed by atoms with van der Waals surface area (Å²) >= 11 is 0. The van der Waals surface area contributed by atoms with Gasteiger partial charge >= 0.3 is 5.97 Å². The number of nitrogens with zero attached hydrogens (tertiary/aromatic N) is 1. The van der Waals surface area contributed by atoms with Crippen LogP contribution in [0.2, 0.25) is 0 Å². The number of aliphatic hydroxyl groups is 1. The van der Waals surface area contributed by atoms with Crippen LogP contribution in [0.15, 0.2) is 42.0 Å². The lowest BCUT2D eigenvalue weighted by Crippen LogP contribution is -2.05. The molecular formula is C28H39NO5. The fraction of sp³-hybridized carbons (Fsp3) is 0.500. The second kappa shape index (κ2) is 15.9. The molecule has 0 saturated carbocycles. The van der Waals surface area contributed by atoms with Crippen molar-refractivity contribution in [3.63, 3.8) is 0 Å². The molecule has 0 aliphatic carbocycles. The smallest absolute Gasteiger partial charge is 0.331 e. The van der Waals surface area contributed by atoms with E-state index in [-0.39, 0.29) is 6.61 Å². The van der Waals surface area contributed by atoms with Gasteiger partial charge in [0.1, 0.15) is 17.2 Å². The molecule has 34 heavy (non-hydrogen) atoms. The first-order chi connectivity index (χ1) is 16.6. The monoisotopic (exact) mass is 469 g/mol. The molecular weight excluding hydrogens is 430 g/mol. The van der Waals surface area contributed by atoms with Crippen LogP contribution in [0, 0.1) is 0 Å². The minimum Gasteiger partial charge on any atom is -0.497 e. The number of unbranched alkanes of at least 4 members (excludes halogenated alkanes) is 6. The van der Waals surface area contributed by atoms with E-state index in [4.69, 9.17) is 9.47 Å². The van der Waals surface area contributed by atoms with Crippen molar-refractivity contribution in [1.82, 2.24) is 4.98 Å². The lowest BCUT2D eigenvalue weighted by molar-refractivity contribution is -0.132. The summed E-state index contributed by atoms with van der Waals surface area (Å²) in [6.45, 7) is 2.39. The second-order valence-corrected chi connectivity index (χ2v) is 8.49. The van der Waals surface area contributed by atoms with Gasteiger partial charge in [0.05, 0.1) is 26.0 Å². The third kappa shape index (κ3) is 9.96. The van der Waals surface area contributed by atoms with Crippen LogP contribution in [0.4, 0.5) is 0 Å². The highest BCUT2D eigenvalue weighted by atomic mass is 16.5. The number of hydrogen-bond donors (Lipinski definition) is 2. The number of pyridine rings is 1. The first-order valence-electron chi connectivity index (χ1n) is 12.4. The molecule has 0 aliphatic heterocycles. The summed E-state index contributed by atoms with van der Waals surface area (Å²) in [6, 6.07) is 11.8. The van der Waals surface area contributed by atoms with Gasteiger partial charge in [-0.1, -0.05) is 51.2 Å². The van der Waals surface area contributed by atoms with Crippen LogP contribution >= 0.6 is 0 Å². The Balaban J connectivity index is 1.73. The summed E-state index contributed by atoms with van der Waals surface area (Å²) in [7, 11) is 1.68. The summed E-state index contributed by atoms with van der Waals surface area (Å²) < 4.78 is 11.1. The highest BCUT2D eigenvalue weighted by Gasteiger charge is 2.11. The van der Waals surface area contributed by atoms with E-state index >= 15 is 0 Å². The molecule has 1 heterocycles. The number of aryl methyl sites for hydroxylation is 1. The van der Waals surface area contributed by atoms with E-state index in [0.717, 1.165) is 37.9 Å². The lowest BCUT2D eigenvalue weighted by atomic mass is 10.0. The van der Waals surface area contributed by atoms with E-state index in [1.807, 2.05) is 19.1 Å². The number of carboxylic acid groups (broad SMARTS) is 1. The fourth-order valence-corrected chi connectivity index (χ4v) is 3.70. The number of aromatic nitrogens is 1. The normalized spacial score (nSPS) is 11.4. The van der Waals surface area contributed by atoms with Gasteiger partial charge < -0.3 is 19.7 Å². The molecule has 1 aromatic carbocycles. The van der Waals surface area contributed by atoms with Crippen molar-refractivity contribution in [2.24, 2.45) is 0 Å². The maximum absolute atomic E-state index is 11.6. The zero-order chi connectivity index (χ0) is 24.6. The van der Waals surface area contributed by atoms with Gasteiger partial charge in [-0.15, -0.1) is 0 Å². The second-order valence-electron chi connectivity index (χ2n) is 8.49. The standard InChI is InChI=1S/C28H39NO5/c1-3-4-12-23(28(31)32)20-26-27(18-15-24(21-30)29-26)34-19-10-8-6-5-7-9-11-22-13-16-25(33-2)17-14-22/h13-18,20,30H,3-12,19,21H2,1-2H3,(H,31,32). The van der Waals surface area contributed by atoms with Crippen molar-refractivity contribution < 1.29 is 24.5 Å². The van der Waals surface area contributed by atoms with Crippen LogP contribution in [-0.2, 0) is 17.8 Å². The molecule has 0 fully saturated rings. The van der Waals surface area contributed by atoms with Gasteiger partial charge in [0.25, 0.3) is 0 Å². The molecule has 0 amide bonds. The predicted molar refractivity (Wildman–Crippen MR) is 135 cm³/mol. The van der Waals surface area contributed by atoms with Crippen molar-refractivity contribution in [3.05, 3.63) is 58.9 Å². The van der Waals surface area contributed by atoms with Crippen molar-refractivity contribution in [2.75, 3.05) is 13.7 Å². The first-order valence-corrected chi connectivity index (χ1v) is 12.4. The molecule has 0 aliphatic rings. The third-order valence-electron chi connectivity index (χ3n) is 5.77. The number of aliphatic hydroxyl groups excluding tert-OH is 1. The van der Waals surface area contributed by atoms with Crippen LogP contribution in [-0.4, -0.2) is 34.9 Å². The van der Waals surface area contributed by atoms with E-state index in [0.29, 0.717) is 35.7 Å².